The molecule has 1 aliphatic carbocycles. The van der Waals surface area contributed by atoms with Crippen LogP contribution in [0.2, 0.25) is 0 Å². The number of hydrogen-bond acceptors (Lipinski definition) is 3. The molecule has 3 heteroatoms. The lowest BCUT2D eigenvalue weighted by molar-refractivity contribution is -0.152. The van der Waals surface area contributed by atoms with Gasteiger partial charge in [-0.3, -0.25) is 9.59 Å². The molecular formula is C15H24O3. The number of Topliss-reactive ketones (excluding diaryl/α,β-unsaturated/α-hetero) is 1. The molecule has 0 N–H and O–H groups in total. The molecule has 3 nitrogen and oxygen atoms in total. The van der Waals surface area contributed by atoms with Crippen molar-refractivity contribution >= 4 is 11.8 Å². The Bertz CT molecular complexity index is 394. The van der Waals surface area contributed by atoms with Crippen molar-refractivity contribution in [3.05, 3.63) is 11.1 Å². The number of esters is 1. The van der Waals surface area contributed by atoms with E-state index in [-0.39, 0.29) is 18.4 Å². The first-order chi connectivity index (χ1) is 8.06. The van der Waals surface area contributed by atoms with Gasteiger partial charge in [0.05, 0.1) is 5.41 Å². The molecule has 0 saturated heterocycles. The SMILES string of the molecule is CC1=C(COC(=O)C(C)(C)C)C(C)(C)C(=O)CC1. The fourth-order valence-electron chi connectivity index (χ4n) is 2.12. The van der Waals surface area contributed by atoms with Crippen LogP contribution in [0.25, 0.3) is 0 Å². The number of ether oxygens (including phenoxy) is 1. The van der Waals surface area contributed by atoms with Gasteiger partial charge in [-0.1, -0.05) is 5.57 Å². The average Bonchev–Trinajstić information content (AvgIpc) is 2.22. The third-order valence-corrected chi connectivity index (χ3v) is 3.65. The van der Waals surface area contributed by atoms with Gasteiger partial charge >= 0.3 is 5.97 Å². The van der Waals surface area contributed by atoms with E-state index in [0.717, 1.165) is 12.0 Å². The van der Waals surface area contributed by atoms with Gasteiger partial charge in [0.25, 0.3) is 0 Å². The lowest BCUT2D eigenvalue weighted by atomic mass is 9.72. The van der Waals surface area contributed by atoms with Crippen molar-refractivity contribution in [2.24, 2.45) is 10.8 Å². The molecule has 0 bridgehead atoms. The average molecular weight is 252 g/mol. The topological polar surface area (TPSA) is 43.4 Å². The molecule has 0 aromatic carbocycles. The molecule has 0 radical (unpaired) electrons. The van der Waals surface area contributed by atoms with Crippen LogP contribution >= 0.6 is 0 Å². The minimum atomic E-state index is -0.503. The Hall–Kier alpha value is -1.12. The predicted octanol–water partition coefficient (Wildman–Crippen LogP) is 3.28. The summed E-state index contributed by atoms with van der Waals surface area (Å²) < 4.78 is 5.35. The lowest BCUT2D eigenvalue weighted by Crippen LogP contribution is -2.34. The Labute approximate surface area is 110 Å². The van der Waals surface area contributed by atoms with Crippen molar-refractivity contribution in [2.45, 2.75) is 54.4 Å². The quantitative estimate of drug-likeness (QED) is 0.559. The van der Waals surface area contributed by atoms with Gasteiger partial charge in [0.1, 0.15) is 12.4 Å². The highest BCUT2D eigenvalue weighted by Crippen LogP contribution is 2.37. The fraction of sp³-hybridized carbons (Fsp3) is 0.733. The maximum atomic E-state index is 11.9. The third kappa shape index (κ3) is 3.01. The highest BCUT2D eigenvalue weighted by atomic mass is 16.5. The second kappa shape index (κ2) is 4.87. The van der Waals surface area contributed by atoms with Crippen LogP contribution in [0.1, 0.15) is 54.4 Å². The summed E-state index contributed by atoms with van der Waals surface area (Å²) in [5.74, 6) is 0.00605. The summed E-state index contributed by atoms with van der Waals surface area (Å²) in [4.78, 5) is 23.7. The predicted molar refractivity (Wildman–Crippen MR) is 71.1 cm³/mol. The molecule has 0 spiro atoms. The van der Waals surface area contributed by atoms with Crippen molar-refractivity contribution in [2.75, 3.05) is 6.61 Å². The van der Waals surface area contributed by atoms with Gasteiger partial charge in [-0.25, -0.2) is 0 Å². The van der Waals surface area contributed by atoms with Gasteiger partial charge in [0.15, 0.2) is 0 Å². The summed E-state index contributed by atoms with van der Waals surface area (Å²) in [7, 11) is 0. The molecule has 1 aliphatic rings. The molecule has 0 aliphatic heterocycles. The maximum absolute atomic E-state index is 11.9. The molecule has 0 unspecified atom stereocenters. The van der Waals surface area contributed by atoms with E-state index < -0.39 is 10.8 Å². The Morgan fingerprint density at radius 3 is 2.33 bits per heavy atom. The minimum absolute atomic E-state index is 0.225. The van der Waals surface area contributed by atoms with Crippen LogP contribution in [0.4, 0.5) is 0 Å². The monoisotopic (exact) mass is 252 g/mol. The molecule has 18 heavy (non-hydrogen) atoms. The molecule has 0 aromatic heterocycles. The van der Waals surface area contributed by atoms with Crippen molar-refractivity contribution in [1.82, 2.24) is 0 Å². The number of ketones is 1. The lowest BCUT2D eigenvalue weighted by Gasteiger charge is -2.33. The van der Waals surface area contributed by atoms with Crippen LogP contribution in [-0.4, -0.2) is 18.4 Å². The summed E-state index contributed by atoms with van der Waals surface area (Å²) in [6, 6.07) is 0. The zero-order valence-corrected chi connectivity index (χ0v) is 12.3. The summed E-state index contributed by atoms with van der Waals surface area (Å²) in [6.07, 6.45) is 1.38. The van der Waals surface area contributed by atoms with E-state index in [2.05, 4.69) is 0 Å². The standard InChI is InChI=1S/C15H24O3/c1-10-7-8-12(16)15(5,6)11(10)9-18-13(17)14(2,3)4/h7-9H2,1-6H3. The Kier molecular flexibility index (Phi) is 4.04. The van der Waals surface area contributed by atoms with E-state index in [1.165, 1.54) is 5.57 Å². The third-order valence-electron chi connectivity index (χ3n) is 3.65. The molecule has 0 heterocycles. The second-order valence-corrected chi connectivity index (χ2v) is 6.63. The van der Waals surface area contributed by atoms with Gasteiger partial charge < -0.3 is 4.74 Å². The van der Waals surface area contributed by atoms with Crippen LogP contribution in [0.3, 0.4) is 0 Å². The molecule has 0 amide bonds. The fourth-order valence-corrected chi connectivity index (χ4v) is 2.12. The molecule has 0 aromatic rings. The van der Waals surface area contributed by atoms with Gasteiger partial charge in [-0.2, -0.15) is 0 Å². The number of carbonyl (C=O) groups is 2. The first-order valence-corrected chi connectivity index (χ1v) is 6.46. The van der Waals surface area contributed by atoms with Crippen LogP contribution in [0.5, 0.6) is 0 Å². The van der Waals surface area contributed by atoms with Gasteiger partial charge in [0.2, 0.25) is 0 Å². The largest absolute Gasteiger partial charge is 0.461 e. The number of carbonyl (C=O) groups excluding carboxylic acids is 2. The van der Waals surface area contributed by atoms with Crippen molar-refractivity contribution in [3.8, 4) is 0 Å². The molecule has 1 rings (SSSR count). The van der Waals surface area contributed by atoms with Crippen LogP contribution in [0.15, 0.2) is 11.1 Å². The maximum Gasteiger partial charge on any atom is 0.311 e. The van der Waals surface area contributed by atoms with Gasteiger partial charge in [0, 0.05) is 11.8 Å². The van der Waals surface area contributed by atoms with Gasteiger partial charge in [-0.15, -0.1) is 0 Å². The van der Waals surface area contributed by atoms with Crippen LogP contribution in [0, 0.1) is 10.8 Å². The van der Waals surface area contributed by atoms with E-state index in [1.54, 1.807) is 0 Å². The Morgan fingerprint density at radius 1 is 1.28 bits per heavy atom. The summed E-state index contributed by atoms with van der Waals surface area (Å²) in [5.41, 5.74) is 1.15. The van der Waals surface area contributed by atoms with E-state index in [9.17, 15) is 9.59 Å². The molecule has 0 saturated carbocycles. The van der Waals surface area contributed by atoms with E-state index in [4.69, 9.17) is 4.74 Å². The summed E-state index contributed by atoms with van der Waals surface area (Å²) in [5, 5.41) is 0. The van der Waals surface area contributed by atoms with E-state index >= 15 is 0 Å². The van der Waals surface area contributed by atoms with Crippen molar-refractivity contribution in [1.29, 1.82) is 0 Å². The molecular weight excluding hydrogens is 228 g/mol. The zero-order chi connectivity index (χ0) is 14.1. The van der Waals surface area contributed by atoms with E-state index in [1.807, 2.05) is 41.5 Å². The molecule has 102 valence electrons. The molecule has 0 fully saturated rings. The van der Waals surface area contributed by atoms with Crippen molar-refractivity contribution < 1.29 is 14.3 Å². The van der Waals surface area contributed by atoms with Crippen LogP contribution < -0.4 is 0 Å². The highest BCUT2D eigenvalue weighted by molar-refractivity contribution is 5.89. The summed E-state index contributed by atoms with van der Waals surface area (Å²) >= 11 is 0. The highest BCUT2D eigenvalue weighted by Gasteiger charge is 2.37. The summed E-state index contributed by atoms with van der Waals surface area (Å²) in [6.45, 7) is 11.6. The first kappa shape index (κ1) is 14.9. The number of rotatable bonds is 2. The molecule has 0 atom stereocenters. The van der Waals surface area contributed by atoms with E-state index in [0.29, 0.717) is 6.42 Å². The Balaban J connectivity index is 2.83. The Morgan fingerprint density at radius 2 is 1.83 bits per heavy atom. The number of hydrogen-bond donors (Lipinski definition) is 0. The van der Waals surface area contributed by atoms with Gasteiger partial charge in [-0.05, 0) is 53.5 Å². The smallest absolute Gasteiger partial charge is 0.311 e. The van der Waals surface area contributed by atoms with Crippen molar-refractivity contribution in [3.63, 3.8) is 0 Å². The zero-order valence-electron chi connectivity index (χ0n) is 12.3. The van der Waals surface area contributed by atoms with Crippen LogP contribution in [-0.2, 0) is 14.3 Å². The number of allylic oxidation sites excluding steroid dienone is 1. The second-order valence-electron chi connectivity index (χ2n) is 6.63. The minimum Gasteiger partial charge on any atom is -0.461 e. The normalized spacial score (nSPS) is 20.0. The first-order valence-electron chi connectivity index (χ1n) is 6.46.